The first-order valence-electron chi connectivity index (χ1n) is 9.94. The van der Waals surface area contributed by atoms with Crippen molar-refractivity contribution in [3.05, 3.63) is 95.6 Å². The van der Waals surface area contributed by atoms with Crippen LogP contribution in [0.3, 0.4) is 0 Å². The van der Waals surface area contributed by atoms with Gasteiger partial charge in [-0.25, -0.2) is 0 Å². The molecule has 1 unspecified atom stereocenters. The summed E-state index contributed by atoms with van der Waals surface area (Å²) < 4.78 is 0.0148. The van der Waals surface area contributed by atoms with Gasteiger partial charge in [-0.2, -0.15) is 0 Å². The number of allylic oxidation sites excluding steroid dienone is 4. The molecule has 0 nitrogen and oxygen atoms in total. The number of halogens is 3. The van der Waals surface area contributed by atoms with E-state index in [1.807, 2.05) is 0 Å². The second kappa shape index (κ2) is 13.0. The van der Waals surface area contributed by atoms with Crippen molar-refractivity contribution in [2.24, 2.45) is 0 Å². The fraction of sp³-hybridized carbons (Fsp3) is 0.360. The molecule has 29 heavy (non-hydrogen) atoms. The number of hydrogen-bond acceptors (Lipinski definition) is 0. The minimum Gasteiger partial charge on any atom is -1.00 e. The Hall–Kier alpha value is -0.496. The van der Waals surface area contributed by atoms with Gasteiger partial charge < -0.3 is 37.2 Å². The van der Waals surface area contributed by atoms with E-state index in [4.69, 9.17) is 0 Å². The van der Waals surface area contributed by atoms with Crippen molar-refractivity contribution in [2.75, 3.05) is 0 Å². The van der Waals surface area contributed by atoms with E-state index in [1.54, 1.807) is 5.57 Å². The van der Waals surface area contributed by atoms with E-state index in [0.717, 1.165) is 6.42 Å². The van der Waals surface area contributed by atoms with Crippen LogP contribution in [-0.4, -0.2) is 0 Å². The average Bonchev–Trinajstić information content (AvgIpc) is 3.06. The zero-order valence-electron chi connectivity index (χ0n) is 17.2. The maximum absolute atomic E-state index is 2.47. The molecule has 154 valence electrons. The van der Waals surface area contributed by atoms with Crippen LogP contribution in [-0.2, 0) is 25.9 Å². The van der Waals surface area contributed by atoms with Gasteiger partial charge in [0.15, 0.2) is 0 Å². The van der Waals surface area contributed by atoms with Crippen LogP contribution in [0.4, 0.5) is 0 Å². The molecule has 0 aliphatic heterocycles. The van der Waals surface area contributed by atoms with Gasteiger partial charge in [0.2, 0.25) is 0 Å². The number of hydrogen-bond donors (Lipinski definition) is 0. The third kappa shape index (κ3) is 5.41. The van der Waals surface area contributed by atoms with Crippen LogP contribution in [0.15, 0.2) is 84.5 Å². The van der Waals surface area contributed by atoms with Crippen LogP contribution in [0.1, 0.15) is 57.1 Å². The second-order valence-corrected chi connectivity index (χ2v) is 8.58. The van der Waals surface area contributed by atoms with Gasteiger partial charge in [0.25, 0.3) is 0 Å². The molecule has 1 aliphatic carbocycles. The van der Waals surface area contributed by atoms with Crippen LogP contribution < -0.4 is 37.2 Å². The largest absolute Gasteiger partial charge is 1.00 e. The van der Waals surface area contributed by atoms with Gasteiger partial charge in [0.1, 0.15) is 0 Å². The van der Waals surface area contributed by atoms with Gasteiger partial charge in [-0.1, -0.05) is 0 Å². The Morgan fingerprint density at radius 3 is 1.76 bits per heavy atom. The first-order valence-corrected chi connectivity index (χ1v) is 10.7. The summed E-state index contributed by atoms with van der Waals surface area (Å²) in [5, 5.41) is 0. The molecule has 1 aliphatic rings. The summed E-state index contributed by atoms with van der Waals surface area (Å²) in [7, 11) is 0. The third-order valence-corrected chi connectivity index (χ3v) is 7.21. The van der Waals surface area contributed by atoms with Crippen molar-refractivity contribution < 1.29 is 57.7 Å². The molecule has 2 aromatic rings. The molecule has 0 saturated carbocycles. The number of rotatable bonds is 8. The van der Waals surface area contributed by atoms with E-state index in [-0.39, 0.29) is 46.4 Å². The normalized spacial score (nSPS) is 17.6. The predicted molar refractivity (Wildman–Crippen MR) is 108 cm³/mol. The maximum Gasteiger partial charge on any atom is -1.00 e. The topological polar surface area (TPSA) is 0 Å². The molecule has 0 fully saturated rings. The Morgan fingerprint density at radius 1 is 0.793 bits per heavy atom. The van der Waals surface area contributed by atoms with E-state index >= 15 is 0 Å². The van der Waals surface area contributed by atoms with E-state index < -0.39 is 0 Å². The van der Waals surface area contributed by atoms with E-state index in [2.05, 4.69) is 113 Å². The molecule has 3 rings (SSSR count). The van der Waals surface area contributed by atoms with Crippen molar-refractivity contribution in [3.63, 3.8) is 0 Å². The van der Waals surface area contributed by atoms with Gasteiger partial charge in [0, 0.05) is 0 Å². The summed E-state index contributed by atoms with van der Waals surface area (Å²) >= 11 is 2.47. The Bertz CT molecular complexity index is 732. The molecule has 0 amide bonds. The summed E-state index contributed by atoms with van der Waals surface area (Å²) in [6.45, 7) is 4.59. The summed E-state index contributed by atoms with van der Waals surface area (Å²) in [4.78, 5) is 0. The molecular weight excluding hydrogens is 455 g/mol. The molecule has 0 heterocycles. The summed E-state index contributed by atoms with van der Waals surface area (Å²) in [5.74, 6) is 0. The van der Waals surface area contributed by atoms with Crippen molar-refractivity contribution in [1.29, 1.82) is 0 Å². The van der Waals surface area contributed by atoms with E-state index in [9.17, 15) is 0 Å². The zero-order chi connectivity index (χ0) is 18.5. The Labute approximate surface area is 207 Å². The second-order valence-electron chi connectivity index (χ2n) is 7.35. The monoisotopic (exact) mass is 482 g/mol. The van der Waals surface area contributed by atoms with Gasteiger partial charge >= 0.3 is 171 Å². The van der Waals surface area contributed by atoms with Crippen molar-refractivity contribution in [2.45, 2.75) is 55.1 Å². The first kappa shape index (κ1) is 28.5. The van der Waals surface area contributed by atoms with Gasteiger partial charge in [-0.15, -0.1) is 0 Å². The fourth-order valence-electron chi connectivity index (χ4n) is 4.51. The fourth-order valence-corrected chi connectivity index (χ4v) is 5.63. The standard InChI is InChI=1S/C25H29.3ClH.Ti/c1-3-5-20-25(22-15-8-6-9-16-22,23-17-10-7-11-18-23)24-19-12-14-21(24)13-4-2;;;;/h6-12,14-19H,3-5,13,20H2,1-2H3;3*1H;/q;;;;+3/p-3. The molecule has 4 heteroatoms. The molecule has 1 atom stereocenters. The summed E-state index contributed by atoms with van der Waals surface area (Å²) in [6, 6.07) is 22.4. The van der Waals surface area contributed by atoms with Crippen LogP contribution in [0.25, 0.3) is 0 Å². The molecule has 2 aromatic carbocycles. The minimum absolute atomic E-state index is 0. The predicted octanol–water partition coefficient (Wildman–Crippen LogP) is -1.82. The summed E-state index contributed by atoms with van der Waals surface area (Å²) in [5.41, 5.74) is 4.43. The van der Waals surface area contributed by atoms with E-state index in [0.29, 0.717) is 0 Å². The molecule has 0 aromatic heterocycles. The molecule has 0 radical (unpaired) electrons. The summed E-state index contributed by atoms with van der Waals surface area (Å²) in [6.07, 6.45) is 13.1. The maximum atomic E-state index is 2.47. The van der Waals surface area contributed by atoms with Gasteiger partial charge in [-0.05, 0) is 0 Å². The Kier molecular flexibility index (Phi) is 12.8. The van der Waals surface area contributed by atoms with Crippen LogP contribution >= 0.6 is 0 Å². The molecule has 0 N–H and O–H groups in total. The number of unbranched alkanes of at least 4 members (excludes halogenated alkanes) is 1. The van der Waals surface area contributed by atoms with Crippen LogP contribution in [0.5, 0.6) is 0 Å². The Morgan fingerprint density at radius 2 is 1.31 bits per heavy atom. The quantitative estimate of drug-likeness (QED) is 0.388. The van der Waals surface area contributed by atoms with Crippen LogP contribution in [0, 0.1) is 0 Å². The SMILES string of the molecule is CCCCC(c1ccccc1)(c1ccccc1)[C]1([Ti+3])C=CC=C1CCC.[Cl-].[Cl-].[Cl-]. The molecule has 0 saturated heterocycles. The molecule has 0 bridgehead atoms. The van der Waals surface area contributed by atoms with Gasteiger partial charge in [0.05, 0.1) is 0 Å². The van der Waals surface area contributed by atoms with E-state index in [1.165, 1.54) is 36.8 Å². The van der Waals surface area contributed by atoms with Crippen molar-refractivity contribution in [1.82, 2.24) is 0 Å². The zero-order valence-corrected chi connectivity index (χ0v) is 21.0. The average molecular weight is 484 g/mol. The third-order valence-electron chi connectivity index (χ3n) is 5.78. The minimum atomic E-state index is -0.0282. The van der Waals surface area contributed by atoms with Crippen LogP contribution in [0.2, 0.25) is 3.72 Å². The molecule has 0 spiro atoms. The van der Waals surface area contributed by atoms with Crippen molar-refractivity contribution in [3.8, 4) is 0 Å². The smallest absolute Gasteiger partial charge is 1.00 e. The van der Waals surface area contributed by atoms with Crippen molar-refractivity contribution >= 4 is 0 Å². The first-order chi connectivity index (χ1) is 12.7. The molecular formula is C25H29Cl3Ti. The number of benzene rings is 2. The Balaban J connectivity index is 0.00000261. The van der Waals surface area contributed by atoms with Gasteiger partial charge in [-0.3, -0.25) is 0 Å².